The maximum Gasteiger partial charge on any atom is 0.405 e. The maximum atomic E-state index is 14.2. The van der Waals surface area contributed by atoms with Crippen molar-refractivity contribution in [2.45, 2.75) is 136 Å². The first-order valence-corrected chi connectivity index (χ1v) is 17.0. The number of carbonyl (C=O) groups excluding carboxylic acids is 5. The summed E-state index contributed by atoms with van der Waals surface area (Å²) >= 11 is 5.34. The van der Waals surface area contributed by atoms with Crippen molar-refractivity contribution in [3.05, 3.63) is 0 Å². The number of hydrogen-bond acceptors (Lipinski definition) is 13. The lowest BCUT2D eigenvalue weighted by Gasteiger charge is -2.47. The number of hydrogen-bond donors (Lipinski definition) is 2. The molecule has 0 unspecified atom stereocenters. The molecule has 0 aromatic rings. The molecule has 13 atom stereocenters. The monoisotopic (exact) mass is 699 g/mol. The molecular weight excluding hydrogens is 646 g/mol. The Hall–Kier alpha value is -2.88. The molecule has 0 spiro atoms. The third kappa shape index (κ3) is 8.28. The average molecular weight is 700 g/mol. The van der Waals surface area contributed by atoms with Gasteiger partial charge >= 0.3 is 18.0 Å². The van der Waals surface area contributed by atoms with Crippen molar-refractivity contribution in [3.8, 4) is 0 Å². The molecule has 3 heterocycles. The van der Waals surface area contributed by atoms with Crippen molar-refractivity contribution in [3.63, 3.8) is 0 Å². The van der Waals surface area contributed by atoms with Crippen LogP contribution in [0.15, 0.2) is 0 Å². The number of nitrogens with two attached hydrogens (primary N) is 1. The molecule has 272 valence electrons. The number of rotatable bonds is 6. The van der Waals surface area contributed by atoms with Crippen molar-refractivity contribution >= 4 is 47.0 Å². The number of ether oxygens (including phenoxy) is 6. The summed E-state index contributed by atoms with van der Waals surface area (Å²) in [7, 11) is 3.66. The fourth-order valence-electron chi connectivity index (χ4n) is 7.62. The van der Waals surface area contributed by atoms with Crippen LogP contribution in [0, 0.1) is 23.7 Å². The van der Waals surface area contributed by atoms with E-state index in [0.717, 1.165) is 0 Å². The zero-order valence-electron chi connectivity index (χ0n) is 29.9. The molecule has 14 nitrogen and oxygen atoms in total. The topological polar surface area (TPSA) is 182 Å². The van der Waals surface area contributed by atoms with Gasteiger partial charge in [-0.2, -0.15) is 0 Å². The van der Waals surface area contributed by atoms with E-state index in [1.165, 1.54) is 27.7 Å². The molecule has 3 fully saturated rings. The Bertz CT molecular complexity index is 1270. The minimum absolute atomic E-state index is 0.0572. The molecule has 3 aliphatic heterocycles. The number of fused-ring (bicyclic) bond motifs is 1. The molecule has 0 saturated carbocycles. The summed E-state index contributed by atoms with van der Waals surface area (Å²) in [5.74, 6) is -6.11. The van der Waals surface area contributed by atoms with E-state index >= 15 is 0 Å². The predicted octanol–water partition coefficient (Wildman–Crippen LogP) is 2.66. The van der Waals surface area contributed by atoms with Gasteiger partial charge in [-0.1, -0.05) is 27.7 Å². The van der Waals surface area contributed by atoms with E-state index in [9.17, 15) is 24.0 Å². The van der Waals surface area contributed by atoms with Gasteiger partial charge in [-0.05, 0) is 73.3 Å². The van der Waals surface area contributed by atoms with Gasteiger partial charge < -0.3 is 44.4 Å². The molecule has 3 rings (SSSR count). The Morgan fingerprint density at radius 1 is 1.06 bits per heavy atom. The number of Topliss-reactive ketones (excluding diaryl/α,β-unsaturated/α-hetero) is 2. The number of ketones is 2. The van der Waals surface area contributed by atoms with Gasteiger partial charge in [0.05, 0.1) is 18.2 Å². The lowest BCUT2D eigenvalue weighted by Crippen LogP contribution is -2.61. The number of primary amides is 1. The molecular formula is C33H53N3O11S. The van der Waals surface area contributed by atoms with E-state index in [0.29, 0.717) is 12.8 Å². The maximum absolute atomic E-state index is 14.2. The molecule has 48 heavy (non-hydrogen) atoms. The Morgan fingerprint density at radius 3 is 2.23 bits per heavy atom. The van der Waals surface area contributed by atoms with E-state index in [1.54, 1.807) is 27.7 Å². The molecule has 0 radical (unpaired) electrons. The first-order valence-electron chi connectivity index (χ1n) is 16.6. The Balaban J connectivity index is 2.19. The second kappa shape index (κ2) is 15.3. The molecule has 15 heteroatoms. The Morgan fingerprint density at radius 2 is 1.69 bits per heavy atom. The normalized spacial score (nSPS) is 41.4. The van der Waals surface area contributed by atoms with E-state index < -0.39 is 89.3 Å². The molecule has 3 N–H and O–H groups in total. The highest BCUT2D eigenvalue weighted by atomic mass is 32.1. The average Bonchev–Trinajstić information content (AvgIpc) is 3.30. The molecule has 0 bridgehead atoms. The lowest BCUT2D eigenvalue weighted by molar-refractivity contribution is -0.295. The van der Waals surface area contributed by atoms with Crippen LogP contribution in [0.2, 0.25) is 0 Å². The molecule has 3 saturated heterocycles. The first-order chi connectivity index (χ1) is 22.2. The van der Waals surface area contributed by atoms with Crippen LogP contribution < -0.4 is 11.1 Å². The van der Waals surface area contributed by atoms with Crippen LogP contribution in [0.25, 0.3) is 0 Å². The first kappa shape index (κ1) is 39.6. The van der Waals surface area contributed by atoms with Crippen LogP contribution in [0.3, 0.4) is 0 Å². The number of carbonyl (C=O) groups is 5. The number of amides is 1. The smallest absolute Gasteiger partial charge is 0.405 e. The van der Waals surface area contributed by atoms with Crippen molar-refractivity contribution < 1.29 is 52.4 Å². The molecule has 0 aromatic carbocycles. The number of likely N-dealkylation sites (N-methyl/N-ethyl adjacent to an activating group) is 1. The predicted molar refractivity (Wildman–Crippen MR) is 176 cm³/mol. The SMILES string of the molecule is CC[C@H]1OC(=O)[C@H](C)C(=O)[C@H](C)[C@@H](O[C@@H]2O[C@H](C)C[C@H](N(C)C)[C@H]2OC(C)=O)[C@](C)(OC(N)=O)C[C@@H](C)C(=O)[C@H](C)[C@H]2NC(=S)O[C@@]21C. The van der Waals surface area contributed by atoms with Crippen molar-refractivity contribution in [2.24, 2.45) is 29.4 Å². The van der Waals surface area contributed by atoms with Gasteiger partial charge in [-0.25, -0.2) is 4.79 Å². The van der Waals surface area contributed by atoms with Crippen LogP contribution >= 0.6 is 12.2 Å². The second-order valence-electron chi connectivity index (χ2n) is 14.2. The van der Waals surface area contributed by atoms with Crippen molar-refractivity contribution in [1.82, 2.24) is 10.2 Å². The summed E-state index contributed by atoms with van der Waals surface area (Å²) in [5.41, 5.74) is 2.66. The van der Waals surface area contributed by atoms with Crippen LogP contribution in [0.4, 0.5) is 4.79 Å². The van der Waals surface area contributed by atoms with E-state index in [4.69, 9.17) is 46.4 Å². The number of cyclic esters (lactones) is 1. The zero-order valence-corrected chi connectivity index (χ0v) is 30.7. The fourth-order valence-corrected chi connectivity index (χ4v) is 7.92. The van der Waals surface area contributed by atoms with Gasteiger partial charge in [0, 0.05) is 24.7 Å². The number of nitrogens with zero attached hydrogens (tertiary/aromatic N) is 1. The Kier molecular flexibility index (Phi) is 12.6. The molecule has 0 aliphatic carbocycles. The molecule has 1 amide bonds. The van der Waals surface area contributed by atoms with Crippen molar-refractivity contribution in [2.75, 3.05) is 14.1 Å². The summed E-state index contributed by atoms with van der Waals surface area (Å²) in [5, 5.41) is 3.13. The zero-order chi connectivity index (χ0) is 36.5. The molecule has 0 aromatic heterocycles. The van der Waals surface area contributed by atoms with Gasteiger partial charge in [0.1, 0.15) is 29.5 Å². The summed E-state index contributed by atoms with van der Waals surface area (Å²) < 4.78 is 36.2. The number of esters is 2. The van der Waals surface area contributed by atoms with Crippen LogP contribution in [-0.2, 0) is 47.6 Å². The van der Waals surface area contributed by atoms with Gasteiger partial charge in [-0.3, -0.25) is 19.2 Å². The van der Waals surface area contributed by atoms with E-state index in [1.807, 2.05) is 25.9 Å². The minimum Gasteiger partial charge on any atom is -0.459 e. The van der Waals surface area contributed by atoms with Crippen LogP contribution in [0.5, 0.6) is 0 Å². The number of nitrogens with one attached hydrogen (secondary N) is 1. The Labute approximate surface area is 288 Å². The summed E-state index contributed by atoms with van der Waals surface area (Å²) in [4.78, 5) is 68.6. The lowest BCUT2D eigenvalue weighted by atomic mass is 9.73. The summed E-state index contributed by atoms with van der Waals surface area (Å²) in [6.07, 6.45) is -5.18. The highest BCUT2D eigenvalue weighted by molar-refractivity contribution is 7.80. The van der Waals surface area contributed by atoms with Crippen molar-refractivity contribution in [1.29, 1.82) is 0 Å². The quantitative estimate of drug-likeness (QED) is 0.179. The summed E-state index contributed by atoms with van der Waals surface area (Å²) in [6, 6.07) is -1.02. The largest absolute Gasteiger partial charge is 0.459 e. The summed E-state index contributed by atoms with van der Waals surface area (Å²) in [6.45, 7) is 14.5. The van der Waals surface area contributed by atoms with Crippen LogP contribution in [-0.4, -0.2) is 108 Å². The standard InChI is InChI=1S/C33H53N3O11S/c1-12-22-33(9)26(35-31(48)47-33)17(4)23(38)15(2)14-32(8,46-30(34)41)27(18(5)24(39)19(6)28(40)44-22)45-29-25(43-20(7)37)21(36(10)11)13-16(3)42-29/h15-19,21-22,25-27,29H,12-14H2,1-11H3,(H2,34,41)(H,35,48)/t15-,16-,17+,18+,19-,21+,22-,25-,26-,27-,29+,32-,33-/m1/s1. The minimum atomic E-state index is -1.72. The van der Waals surface area contributed by atoms with E-state index in [-0.39, 0.29) is 29.5 Å². The highest BCUT2D eigenvalue weighted by Crippen LogP contribution is 2.40. The van der Waals surface area contributed by atoms with Gasteiger partial charge in [0.2, 0.25) is 0 Å². The number of thiocarbonyl (C=S) groups is 1. The van der Waals surface area contributed by atoms with E-state index in [2.05, 4.69) is 5.32 Å². The van der Waals surface area contributed by atoms with Gasteiger partial charge in [0.25, 0.3) is 5.17 Å². The second-order valence-corrected chi connectivity index (χ2v) is 14.6. The molecule has 3 aliphatic rings. The van der Waals surface area contributed by atoms with Gasteiger partial charge in [0.15, 0.2) is 23.8 Å². The highest BCUT2D eigenvalue weighted by Gasteiger charge is 2.57. The fraction of sp³-hybridized carbons (Fsp3) is 0.818. The third-order valence-corrected chi connectivity index (χ3v) is 10.3. The van der Waals surface area contributed by atoms with Gasteiger partial charge in [-0.15, -0.1) is 0 Å². The van der Waals surface area contributed by atoms with Crippen LogP contribution in [0.1, 0.15) is 81.6 Å². The third-order valence-electron chi connectivity index (χ3n) is 10.1.